The van der Waals surface area contributed by atoms with E-state index in [-0.39, 0.29) is 10.9 Å². The van der Waals surface area contributed by atoms with Crippen molar-refractivity contribution in [1.29, 1.82) is 0 Å². The molecular weight excluding hydrogens is 285 g/mol. The van der Waals surface area contributed by atoms with Crippen LogP contribution in [0.1, 0.15) is 23.4 Å². The van der Waals surface area contributed by atoms with Gasteiger partial charge in [-0.1, -0.05) is 22.0 Å². The molecular formula is C8H5BrF5N. The van der Waals surface area contributed by atoms with Crippen LogP contribution in [0.4, 0.5) is 22.0 Å². The van der Waals surface area contributed by atoms with Crippen molar-refractivity contribution in [3.63, 3.8) is 0 Å². The summed E-state index contributed by atoms with van der Waals surface area (Å²) in [6.45, 7) is 0. The average Bonchev–Trinajstić information content (AvgIpc) is 2.15. The second-order valence-electron chi connectivity index (χ2n) is 2.68. The van der Waals surface area contributed by atoms with Crippen LogP contribution in [0.2, 0.25) is 0 Å². The Hall–Kier alpha value is -0.720. The lowest BCUT2D eigenvalue weighted by atomic mass is 10.2. The lowest BCUT2D eigenvalue weighted by Crippen LogP contribution is -2.13. The summed E-state index contributed by atoms with van der Waals surface area (Å²) in [6.07, 6.45) is -7.72. The highest BCUT2D eigenvalue weighted by atomic mass is 79.9. The summed E-state index contributed by atoms with van der Waals surface area (Å²) in [5.74, 6) is 0. The number of hydrogen-bond donors (Lipinski definition) is 0. The summed E-state index contributed by atoms with van der Waals surface area (Å²) < 4.78 is 61.3. The van der Waals surface area contributed by atoms with Crippen molar-refractivity contribution in [3.8, 4) is 0 Å². The minimum absolute atomic E-state index is 0.0850. The lowest BCUT2D eigenvalue weighted by molar-refractivity contribution is -0.141. The molecule has 0 N–H and O–H groups in total. The van der Waals surface area contributed by atoms with Gasteiger partial charge in [-0.15, -0.1) is 0 Å². The second kappa shape index (κ2) is 4.42. The molecule has 0 amide bonds. The normalized spacial score (nSPS) is 12.2. The largest absolute Gasteiger partial charge is 0.433 e. The maximum atomic E-state index is 12.4. The van der Waals surface area contributed by atoms with Crippen molar-refractivity contribution in [2.24, 2.45) is 0 Å². The van der Waals surface area contributed by atoms with E-state index in [4.69, 9.17) is 0 Å². The molecule has 0 fully saturated rings. The van der Waals surface area contributed by atoms with Crippen molar-refractivity contribution in [2.45, 2.75) is 17.9 Å². The molecule has 0 aliphatic carbocycles. The van der Waals surface area contributed by atoms with Gasteiger partial charge in [0, 0.05) is 5.33 Å². The van der Waals surface area contributed by atoms with E-state index in [9.17, 15) is 22.0 Å². The van der Waals surface area contributed by atoms with Crippen LogP contribution in [0.5, 0.6) is 0 Å². The van der Waals surface area contributed by atoms with Gasteiger partial charge in [-0.25, -0.2) is 13.8 Å². The van der Waals surface area contributed by atoms with E-state index in [2.05, 4.69) is 20.9 Å². The predicted octanol–water partition coefficient (Wildman–Crippen LogP) is 3.93. The molecule has 1 heterocycles. The number of pyridine rings is 1. The molecule has 15 heavy (non-hydrogen) atoms. The molecule has 7 heteroatoms. The van der Waals surface area contributed by atoms with E-state index < -0.39 is 24.0 Å². The van der Waals surface area contributed by atoms with Gasteiger partial charge in [-0.2, -0.15) is 13.2 Å². The van der Waals surface area contributed by atoms with Crippen LogP contribution in [-0.2, 0) is 11.5 Å². The van der Waals surface area contributed by atoms with E-state index in [0.717, 1.165) is 12.1 Å². The summed E-state index contributed by atoms with van der Waals surface area (Å²) >= 11 is 2.83. The topological polar surface area (TPSA) is 12.9 Å². The first-order chi connectivity index (χ1) is 6.86. The Kier molecular flexibility index (Phi) is 3.64. The quantitative estimate of drug-likeness (QED) is 0.594. The summed E-state index contributed by atoms with van der Waals surface area (Å²) in [7, 11) is 0. The van der Waals surface area contributed by atoms with E-state index >= 15 is 0 Å². The van der Waals surface area contributed by atoms with Gasteiger partial charge in [0.05, 0.1) is 0 Å². The number of nitrogens with zero attached hydrogens (tertiary/aromatic N) is 1. The zero-order valence-electron chi connectivity index (χ0n) is 7.15. The van der Waals surface area contributed by atoms with Crippen LogP contribution >= 0.6 is 15.9 Å². The number of hydrogen-bond acceptors (Lipinski definition) is 1. The fraction of sp³-hybridized carbons (Fsp3) is 0.375. The van der Waals surface area contributed by atoms with E-state index in [1.54, 1.807) is 0 Å². The zero-order valence-corrected chi connectivity index (χ0v) is 8.74. The van der Waals surface area contributed by atoms with Gasteiger partial charge in [0.2, 0.25) is 0 Å². The molecule has 0 aliphatic heterocycles. The minimum atomic E-state index is -4.71. The van der Waals surface area contributed by atoms with Gasteiger partial charge in [0.1, 0.15) is 11.4 Å². The van der Waals surface area contributed by atoms with Crippen LogP contribution in [0.25, 0.3) is 0 Å². The average molecular weight is 290 g/mol. The van der Waals surface area contributed by atoms with Crippen LogP contribution in [-0.4, -0.2) is 4.98 Å². The molecule has 0 aliphatic rings. The third-order valence-electron chi connectivity index (χ3n) is 1.64. The Bertz CT molecular complexity index is 349. The first-order valence-corrected chi connectivity index (χ1v) is 4.89. The SMILES string of the molecule is FC(F)c1ccc(CBr)c(C(F)(F)F)n1. The third kappa shape index (κ3) is 2.87. The zero-order chi connectivity index (χ0) is 11.6. The molecule has 0 saturated heterocycles. The van der Waals surface area contributed by atoms with Gasteiger partial charge in [-0.3, -0.25) is 0 Å². The summed E-state index contributed by atoms with van der Waals surface area (Å²) in [4.78, 5) is 2.91. The van der Waals surface area contributed by atoms with E-state index in [0.29, 0.717) is 0 Å². The molecule has 0 atom stereocenters. The molecule has 84 valence electrons. The first kappa shape index (κ1) is 12.4. The maximum absolute atomic E-state index is 12.4. The highest BCUT2D eigenvalue weighted by Crippen LogP contribution is 2.32. The molecule has 1 nitrogen and oxygen atoms in total. The molecule has 1 aromatic heterocycles. The molecule has 1 aromatic rings. The Morgan fingerprint density at radius 2 is 1.87 bits per heavy atom. The van der Waals surface area contributed by atoms with Crippen molar-refractivity contribution in [1.82, 2.24) is 4.98 Å². The summed E-state index contributed by atoms with van der Waals surface area (Å²) in [5, 5.41) is -0.0850. The number of alkyl halides is 6. The minimum Gasteiger partial charge on any atom is -0.242 e. The van der Waals surface area contributed by atoms with Gasteiger partial charge in [0.25, 0.3) is 6.43 Å². The standard InChI is InChI=1S/C8H5BrF5N/c9-3-4-1-2-5(7(10)11)15-6(4)8(12,13)14/h1-2,7H,3H2. The number of rotatable bonds is 2. The smallest absolute Gasteiger partial charge is 0.242 e. The molecule has 0 radical (unpaired) electrons. The second-order valence-corrected chi connectivity index (χ2v) is 3.24. The molecule has 0 aromatic carbocycles. The molecule has 0 unspecified atom stereocenters. The highest BCUT2D eigenvalue weighted by Gasteiger charge is 2.35. The summed E-state index contributed by atoms with van der Waals surface area (Å²) in [6, 6.07) is 1.88. The van der Waals surface area contributed by atoms with Gasteiger partial charge >= 0.3 is 6.18 Å². The first-order valence-electron chi connectivity index (χ1n) is 3.77. The molecule has 1 rings (SSSR count). The van der Waals surface area contributed by atoms with Crippen LogP contribution in [0.15, 0.2) is 12.1 Å². The lowest BCUT2D eigenvalue weighted by Gasteiger charge is -2.11. The monoisotopic (exact) mass is 289 g/mol. The van der Waals surface area contributed by atoms with Gasteiger partial charge < -0.3 is 0 Å². The van der Waals surface area contributed by atoms with Crippen LogP contribution in [0.3, 0.4) is 0 Å². The number of halogens is 6. The Labute approximate surface area is 90.4 Å². The molecule has 0 spiro atoms. The Balaban J connectivity index is 3.26. The van der Waals surface area contributed by atoms with Crippen LogP contribution < -0.4 is 0 Å². The summed E-state index contributed by atoms with van der Waals surface area (Å²) in [5.41, 5.74) is -2.30. The maximum Gasteiger partial charge on any atom is 0.433 e. The van der Waals surface area contributed by atoms with Crippen molar-refractivity contribution in [2.75, 3.05) is 0 Å². The van der Waals surface area contributed by atoms with Crippen molar-refractivity contribution < 1.29 is 22.0 Å². The fourth-order valence-electron chi connectivity index (χ4n) is 0.978. The van der Waals surface area contributed by atoms with Crippen molar-refractivity contribution >= 4 is 15.9 Å². The van der Waals surface area contributed by atoms with E-state index in [1.807, 2.05) is 0 Å². The Morgan fingerprint density at radius 1 is 1.27 bits per heavy atom. The van der Waals surface area contributed by atoms with Gasteiger partial charge in [-0.05, 0) is 11.6 Å². The third-order valence-corrected chi connectivity index (χ3v) is 2.24. The van der Waals surface area contributed by atoms with Crippen LogP contribution in [0, 0.1) is 0 Å². The van der Waals surface area contributed by atoms with Gasteiger partial charge in [0.15, 0.2) is 0 Å². The molecule has 0 bridgehead atoms. The number of aromatic nitrogens is 1. The Morgan fingerprint density at radius 3 is 2.27 bits per heavy atom. The molecule has 0 saturated carbocycles. The highest BCUT2D eigenvalue weighted by molar-refractivity contribution is 9.08. The predicted molar refractivity (Wildman–Crippen MR) is 46.8 cm³/mol. The fourth-order valence-corrected chi connectivity index (χ4v) is 1.43. The van der Waals surface area contributed by atoms with E-state index in [1.165, 1.54) is 0 Å². The van der Waals surface area contributed by atoms with Crippen molar-refractivity contribution in [3.05, 3.63) is 29.1 Å².